The largest absolute Gasteiger partial charge is 0.490 e. The number of carbonyl (C=O) groups excluding carboxylic acids is 1. The van der Waals surface area contributed by atoms with E-state index >= 15 is 0 Å². The molecule has 0 aromatic heterocycles. The van der Waals surface area contributed by atoms with Crippen molar-refractivity contribution in [2.75, 3.05) is 13.9 Å². The summed E-state index contributed by atoms with van der Waals surface area (Å²) in [7, 11) is 1.33. The number of methoxy groups -OCH3 is 1. The van der Waals surface area contributed by atoms with Crippen LogP contribution < -0.4 is 14.2 Å². The topological polar surface area (TPSA) is 109 Å². The fourth-order valence-electron chi connectivity index (χ4n) is 2.66. The van der Waals surface area contributed by atoms with Crippen LogP contribution in [-0.2, 0) is 9.53 Å². The molecule has 136 valence electrons. The summed E-state index contributed by atoms with van der Waals surface area (Å²) in [4.78, 5) is 26.8. The Balaban J connectivity index is 1.67. The lowest BCUT2D eigenvalue weighted by Gasteiger charge is -2.03. The number of benzene rings is 2. The van der Waals surface area contributed by atoms with Crippen LogP contribution in [0.3, 0.4) is 0 Å². The first-order valence-electron chi connectivity index (χ1n) is 7.80. The van der Waals surface area contributed by atoms with Gasteiger partial charge in [0.15, 0.2) is 22.9 Å². The van der Waals surface area contributed by atoms with E-state index in [-0.39, 0.29) is 29.8 Å². The van der Waals surface area contributed by atoms with E-state index < -0.39 is 10.9 Å². The fourth-order valence-corrected chi connectivity index (χ4v) is 2.66. The molecule has 0 radical (unpaired) electrons. The van der Waals surface area contributed by atoms with Crippen molar-refractivity contribution in [2.24, 2.45) is 4.99 Å². The summed E-state index contributed by atoms with van der Waals surface area (Å²) >= 11 is 0. The molecule has 0 amide bonds. The summed E-state index contributed by atoms with van der Waals surface area (Å²) < 4.78 is 20.7. The van der Waals surface area contributed by atoms with E-state index in [9.17, 15) is 14.9 Å². The van der Waals surface area contributed by atoms with Crippen LogP contribution in [0.2, 0.25) is 0 Å². The molecule has 4 rings (SSSR count). The maximum absolute atomic E-state index is 12.1. The van der Waals surface area contributed by atoms with Gasteiger partial charge in [-0.15, -0.1) is 0 Å². The molecule has 0 atom stereocenters. The quantitative estimate of drug-likeness (QED) is 0.353. The maximum Gasteiger partial charge on any atom is 0.363 e. The van der Waals surface area contributed by atoms with Crippen molar-refractivity contribution in [3.05, 3.63) is 63.3 Å². The van der Waals surface area contributed by atoms with Gasteiger partial charge in [-0.3, -0.25) is 10.1 Å². The first-order chi connectivity index (χ1) is 13.0. The van der Waals surface area contributed by atoms with Crippen molar-refractivity contribution in [3.8, 4) is 17.2 Å². The molecule has 2 aliphatic heterocycles. The molecule has 9 heteroatoms. The number of aliphatic imine (C=N–C) groups is 1. The van der Waals surface area contributed by atoms with Gasteiger partial charge < -0.3 is 18.9 Å². The van der Waals surface area contributed by atoms with Gasteiger partial charge in [0.05, 0.1) is 12.0 Å². The Morgan fingerprint density at radius 3 is 2.78 bits per heavy atom. The third-order valence-corrected chi connectivity index (χ3v) is 3.94. The van der Waals surface area contributed by atoms with Crippen molar-refractivity contribution < 1.29 is 28.7 Å². The van der Waals surface area contributed by atoms with E-state index in [0.717, 1.165) is 0 Å². The standard InChI is InChI=1S/C18H12N2O7/c1-24-14-5-3-11(8-13(14)20(22)23)17-19-12(18(21)27-17)6-10-2-4-15-16(7-10)26-9-25-15/h2-8H,9H2,1H3/b12-6-. The van der Waals surface area contributed by atoms with Gasteiger partial charge in [0.1, 0.15) is 0 Å². The molecule has 9 nitrogen and oxygen atoms in total. The Morgan fingerprint density at radius 1 is 1.19 bits per heavy atom. The van der Waals surface area contributed by atoms with E-state index in [1.807, 2.05) is 0 Å². The summed E-state index contributed by atoms with van der Waals surface area (Å²) in [6, 6.07) is 9.39. The SMILES string of the molecule is COc1ccc(C2=N/C(=C\c3ccc4c(c3)OCO4)C(=O)O2)cc1[N+](=O)[O-]. The van der Waals surface area contributed by atoms with E-state index in [0.29, 0.717) is 22.6 Å². The molecule has 0 aliphatic carbocycles. The highest BCUT2D eigenvalue weighted by atomic mass is 16.7. The molecular formula is C18H12N2O7. The summed E-state index contributed by atoms with van der Waals surface area (Å²) in [6.07, 6.45) is 1.54. The molecule has 2 aromatic carbocycles. The van der Waals surface area contributed by atoms with Crippen molar-refractivity contribution >= 4 is 23.6 Å². The van der Waals surface area contributed by atoms with E-state index in [1.54, 1.807) is 18.2 Å². The smallest absolute Gasteiger partial charge is 0.363 e. The third kappa shape index (κ3) is 3.06. The number of nitrogens with zero attached hydrogens (tertiary/aromatic N) is 2. The van der Waals surface area contributed by atoms with Crippen LogP contribution in [0.4, 0.5) is 5.69 Å². The molecule has 0 unspecified atom stereocenters. The number of hydrogen-bond donors (Lipinski definition) is 0. The second-order valence-corrected chi connectivity index (χ2v) is 5.59. The summed E-state index contributed by atoms with van der Waals surface area (Å²) in [5, 5.41) is 11.2. The number of carbonyl (C=O) groups is 1. The van der Waals surface area contributed by atoms with E-state index in [2.05, 4.69) is 4.99 Å². The predicted molar refractivity (Wildman–Crippen MR) is 92.8 cm³/mol. The van der Waals surface area contributed by atoms with Crippen molar-refractivity contribution in [1.82, 2.24) is 0 Å². The predicted octanol–water partition coefficient (Wildman–Crippen LogP) is 2.68. The normalized spacial score (nSPS) is 16.3. The van der Waals surface area contributed by atoms with Gasteiger partial charge in [-0.2, -0.15) is 0 Å². The van der Waals surface area contributed by atoms with Crippen LogP contribution in [0.25, 0.3) is 6.08 Å². The molecule has 2 aromatic rings. The highest BCUT2D eigenvalue weighted by Gasteiger charge is 2.27. The van der Waals surface area contributed by atoms with Crippen molar-refractivity contribution in [2.45, 2.75) is 0 Å². The minimum Gasteiger partial charge on any atom is -0.490 e. The number of nitro groups is 1. The van der Waals surface area contributed by atoms with Gasteiger partial charge in [0, 0.05) is 11.6 Å². The van der Waals surface area contributed by atoms with E-state index in [1.165, 1.54) is 31.4 Å². The lowest BCUT2D eigenvalue weighted by Crippen LogP contribution is -2.06. The van der Waals surface area contributed by atoms with Gasteiger partial charge in [0.25, 0.3) is 0 Å². The first kappa shape index (κ1) is 16.6. The molecule has 2 aliphatic rings. The highest BCUT2D eigenvalue weighted by Crippen LogP contribution is 2.34. The Labute approximate surface area is 152 Å². The summed E-state index contributed by atoms with van der Waals surface area (Å²) in [6.45, 7) is 0.149. The van der Waals surface area contributed by atoms with Crippen LogP contribution in [0.15, 0.2) is 47.1 Å². The Kier molecular flexibility index (Phi) is 3.96. The maximum atomic E-state index is 12.1. The average Bonchev–Trinajstić information content (AvgIpc) is 3.27. The van der Waals surface area contributed by atoms with Gasteiger partial charge in [-0.1, -0.05) is 6.07 Å². The number of nitro benzene ring substituents is 1. The molecule has 0 saturated carbocycles. The minimum atomic E-state index is -0.652. The van der Waals surface area contributed by atoms with Crippen LogP contribution in [-0.4, -0.2) is 30.7 Å². The summed E-state index contributed by atoms with van der Waals surface area (Å²) in [5.41, 5.74) is 0.797. The Hall–Kier alpha value is -3.88. The highest BCUT2D eigenvalue weighted by molar-refractivity contribution is 6.13. The average molecular weight is 368 g/mol. The molecule has 0 fully saturated rings. The number of hydrogen-bond acceptors (Lipinski definition) is 8. The lowest BCUT2D eigenvalue weighted by atomic mass is 10.1. The molecule has 0 saturated heterocycles. The van der Waals surface area contributed by atoms with Gasteiger partial charge in [-0.05, 0) is 35.9 Å². The lowest BCUT2D eigenvalue weighted by molar-refractivity contribution is -0.385. The van der Waals surface area contributed by atoms with Crippen molar-refractivity contribution in [1.29, 1.82) is 0 Å². The Bertz CT molecular complexity index is 1030. The van der Waals surface area contributed by atoms with Crippen LogP contribution in [0.5, 0.6) is 17.2 Å². The van der Waals surface area contributed by atoms with Gasteiger partial charge >= 0.3 is 11.7 Å². The zero-order valence-corrected chi connectivity index (χ0v) is 14.0. The Morgan fingerprint density at radius 2 is 2.00 bits per heavy atom. The molecule has 27 heavy (non-hydrogen) atoms. The van der Waals surface area contributed by atoms with Crippen LogP contribution in [0, 0.1) is 10.1 Å². The van der Waals surface area contributed by atoms with Gasteiger partial charge in [0.2, 0.25) is 12.7 Å². The zero-order chi connectivity index (χ0) is 19.0. The van der Waals surface area contributed by atoms with E-state index in [4.69, 9.17) is 18.9 Å². The molecule has 2 heterocycles. The molecule has 0 N–H and O–H groups in total. The molecule has 0 bridgehead atoms. The number of rotatable bonds is 4. The number of cyclic esters (lactones) is 1. The molecular weight excluding hydrogens is 356 g/mol. The third-order valence-electron chi connectivity index (χ3n) is 3.94. The van der Waals surface area contributed by atoms with Crippen LogP contribution in [0.1, 0.15) is 11.1 Å². The second kappa shape index (κ2) is 6.45. The molecule has 0 spiro atoms. The number of fused-ring (bicyclic) bond motifs is 1. The fraction of sp³-hybridized carbons (Fsp3) is 0.111. The number of esters is 1. The zero-order valence-electron chi connectivity index (χ0n) is 14.0. The van der Waals surface area contributed by atoms with Crippen LogP contribution >= 0.6 is 0 Å². The monoisotopic (exact) mass is 368 g/mol. The van der Waals surface area contributed by atoms with Crippen molar-refractivity contribution in [3.63, 3.8) is 0 Å². The second-order valence-electron chi connectivity index (χ2n) is 5.59. The summed E-state index contributed by atoms with van der Waals surface area (Å²) in [5.74, 6) is 0.635. The minimum absolute atomic E-state index is 0.0160. The first-order valence-corrected chi connectivity index (χ1v) is 7.80. The van der Waals surface area contributed by atoms with Gasteiger partial charge in [-0.25, -0.2) is 9.79 Å². The number of ether oxygens (including phenoxy) is 4.